The van der Waals surface area contributed by atoms with E-state index >= 15 is 0 Å². The molecular weight excluding hydrogens is 426 g/mol. The van der Waals surface area contributed by atoms with Crippen LogP contribution >= 0.6 is 0 Å². The Labute approximate surface area is 200 Å². The van der Waals surface area contributed by atoms with E-state index in [1.165, 1.54) is 11.1 Å². The number of nitrogens with one attached hydrogen (secondary N) is 1. The lowest BCUT2D eigenvalue weighted by Crippen LogP contribution is -2.40. The number of urea groups is 1. The molecule has 0 saturated carbocycles. The lowest BCUT2D eigenvalue weighted by atomic mass is 10.0. The fraction of sp³-hybridized carbons (Fsp3) is 0.286. The Hall–Kier alpha value is -3.64. The number of carbonyl (C=O) groups is 2. The van der Waals surface area contributed by atoms with Crippen LogP contribution in [0.25, 0.3) is 11.1 Å². The first kappa shape index (κ1) is 22.2. The summed E-state index contributed by atoms with van der Waals surface area (Å²) < 4.78 is 5.34. The van der Waals surface area contributed by atoms with Crippen molar-refractivity contribution in [3.05, 3.63) is 89.5 Å². The number of nitrogens with zero attached hydrogens (tertiary/aromatic N) is 2. The molecule has 0 spiro atoms. The van der Waals surface area contributed by atoms with E-state index in [0.29, 0.717) is 45.0 Å². The molecule has 174 valence electrons. The Morgan fingerprint density at radius 1 is 0.853 bits per heavy atom. The van der Waals surface area contributed by atoms with Gasteiger partial charge in [0.2, 0.25) is 0 Å². The van der Waals surface area contributed by atoms with E-state index < -0.39 is 0 Å². The third kappa shape index (κ3) is 4.82. The predicted octanol–water partition coefficient (Wildman–Crippen LogP) is 4.14. The van der Waals surface area contributed by atoms with Crippen LogP contribution in [0.5, 0.6) is 0 Å². The van der Waals surface area contributed by atoms with Gasteiger partial charge in [-0.3, -0.25) is 9.69 Å². The topological polar surface area (TPSA) is 61.9 Å². The standard InChI is InChI=1S/C28H29N3O3/c32-27(30-16-18-34-19-17-30)23-8-6-22(7-9-23)24-10-11-26-25(20-24)13-15-31(26)28(33)29-14-12-21-4-2-1-3-5-21/h1-11,20H,12-19H2,(H,29,33). The molecule has 3 aromatic rings. The normalized spacial score (nSPS) is 15.2. The number of anilines is 1. The van der Waals surface area contributed by atoms with Crippen molar-refractivity contribution >= 4 is 17.6 Å². The molecule has 1 N–H and O–H groups in total. The lowest BCUT2D eigenvalue weighted by molar-refractivity contribution is 0.0303. The van der Waals surface area contributed by atoms with Crippen molar-refractivity contribution in [3.8, 4) is 11.1 Å². The van der Waals surface area contributed by atoms with Crippen molar-refractivity contribution in [3.63, 3.8) is 0 Å². The maximum atomic E-state index is 12.8. The second-order valence-corrected chi connectivity index (χ2v) is 8.69. The van der Waals surface area contributed by atoms with Crippen LogP contribution in [-0.2, 0) is 17.6 Å². The zero-order chi connectivity index (χ0) is 23.3. The SMILES string of the molecule is O=C(c1ccc(-c2ccc3c(c2)CCN3C(=O)NCCc2ccccc2)cc1)N1CCOCC1. The molecule has 6 heteroatoms. The summed E-state index contributed by atoms with van der Waals surface area (Å²) in [7, 11) is 0. The van der Waals surface area contributed by atoms with Gasteiger partial charge in [-0.15, -0.1) is 0 Å². The molecule has 2 heterocycles. The van der Waals surface area contributed by atoms with Gasteiger partial charge in [0.25, 0.3) is 5.91 Å². The van der Waals surface area contributed by atoms with E-state index in [1.54, 1.807) is 0 Å². The summed E-state index contributed by atoms with van der Waals surface area (Å²) in [5.74, 6) is 0.0534. The third-order valence-corrected chi connectivity index (χ3v) is 6.52. The van der Waals surface area contributed by atoms with Crippen LogP contribution in [0.2, 0.25) is 0 Å². The van der Waals surface area contributed by atoms with Gasteiger partial charge in [-0.05, 0) is 59.4 Å². The Balaban J connectivity index is 1.22. The van der Waals surface area contributed by atoms with Crippen LogP contribution in [0.4, 0.5) is 10.5 Å². The van der Waals surface area contributed by atoms with Gasteiger partial charge in [0.15, 0.2) is 0 Å². The van der Waals surface area contributed by atoms with E-state index in [4.69, 9.17) is 4.74 Å². The fourth-order valence-corrected chi connectivity index (χ4v) is 4.60. The molecule has 34 heavy (non-hydrogen) atoms. The highest BCUT2D eigenvalue weighted by atomic mass is 16.5. The van der Waals surface area contributed by atoms with E-state index in [1.807, 2.05) is 64.4 Å². The van der Waals surface area contributed by atoms with E-state index in [-0.39, 0.29) is 11.9 Å². The summed E-state index contributed by atoms with van der Waals surface area (Å²) in [6.45, 7) is 3.77. The first-order chi connectivity index (χ1) is 16.7. The highest BCUT2D eigenvalue weighted by molar-refractivity contribution is 5.96. The number of hydrogen-bond donors (Lipinski definition) is 1. The Morgan fingerprint density at radius 3 is 2.35 bits per heavy atom. The van der Waals surface area contributed by atoms with Crippen molar-refractivity contribution < 1.29 is 14.3 Å². The molecule has 5 rings (SSSR count). The molecule has 6 nitrogen and oxygen atoms in total. The molecule has 1 fully saturated rings. The first-order valence-corrected chi connectivity index (χ1v) is 11.9. The highest BCUT2D eigenvalue weighted by Gasteiger charge is 2.25. The van der Waals surface area contributed by atoms with Gasteiger partial charge in [0.1, 0.15) is 0 Å². The molecule has 0 unspecified atom stereocenters. The summed E-state index contributed by atoms with van der Waals surface area (Å²) in [6.07, 6.45) is 1.65. The number of benzene rings is 3. The molecule has 0 radical (unpaired) electrons. The largest absolute Gasteiger partial charge is 0.378 e. The zero-order valence-electron chi connectivity index (χ0n) is 19.2. The number of carbonyl (C=O) groups excluding carboxylic acids is 2. The monoisotopic (exact) mass is 455 g/mol. The zero-order valence-corrected chi connectivity index (χ0v) is 19.2. The molecule has 3 aromatic carbocycles. The van der Waals surface area contributed by atoms with Gasteiger partial charge in [0, 0.05) is 37.4 Å². The van der Waals surface area contributed by atoms with E-state index in [2.05, 4.69) is 23.5 Å². The van der Waals surface area contributed by atoms with Crippen LogP contribution in [-0.4, -0.2) is 56.2 Å². The number of ether oxygens (including phenoxy) is 1. The first-order valence-electron chi connectivity index (χ1n) is 11.9. The van der Waals surface area contributed by atoms with Gasteiger partial charge in [-0.25, -0.2) is 4.79 Å². The average molecular weight is 456 g/mol. The molecule has 2 aliphatic rings. The molecule has 0 aromatic heterocycles. The maximum Gasteiger partial charge on any atom is 0.321 e. The minimum Gasteiger partial charge on any atom is -0.378 e. The molecule has 0 atom stereocenters. The average Bonchev–Trinajstić information content (AvgIpc) is 3.33. The number of morpholine rings is 1. The minimum atomic E-state index is -0.0478. The second kappa shape index (κ2) is 10.1. The van der Waals surface area contributed by atoms with Crippen LogP contribution in [0, 0.1) is 0 Å². The van der Waals surface area contributed by atoms with E-state index in [9.17, 15) is 9.59 Å². The maximum absolute atomic E-state index is 12.8. The van der Waals surface area contributed by atoms with Crippen LogP contribution in [0.15, 0.2) is 72.8 Å². The van der Waals surface area contributed by atoms with Crippen LogP contribution in [0.3, 0.4) is 0 Å². The van der Waals surface area contributed by atoms with Crippen molar-refractivity contribution in [1.29, 1.82) is 0 Å². The number of amides is 3. The second-order valence-electron chi connectivity index (χ2n) is 8.69. The van der Waals surface area contributed by atoms with Crippen molar-refractivity contribution in [2.45, 2.75) is 12.8 Å². The third-order valence-electron chi connectivity index (χ3n) is 6.52. The number of hydrogen-bond acceptors (Lipinski definition) is 3. The molecular formula is C28H29N3O3. The lowest BCUT2D eigenvalue weighted by Gasteiger charge is -2.26. The number of fused-ring (bicyclic) bond motifs is 1. The van der Waals surface area contributed by atoms with Crippen molar-refractivity contribution in [2.24, 2.45) is 0 Å². The summed E-state index contributed by atoms with van der Waals surface area (Å²) in [5.41, 5.74) is 6.21. The Bertz CT molecular complexity index is 1160. The van der Waals surface area contributed by atoms with Crippen LogP contribution in [0.1, 0.15) is 21.5 Å². The summed E-state index contributed by atoms with van der Waals surface area (Å²) in [4.78, 5) is 29.1. The summed E-state index contributed by atoms with van der Waals surface area (Å²) in [5, 5.41) is 3.05. The Morgan fingerprint density at radius 2 is 1.59 bits per heavy atom. The summed E-state index contributed by atoms with van der Waals surface area (Å²) >= 11 is 0. The predicted molar refractivity (Wildman–Crippen MR) is 133 cm³/mol. The van der Waals surface area contributed by atoms with Gasteiger partial charge in [-0.1, -0.05) is 48.5 Å². The highest BCUT2D eigenvalue weighted by Crippen LogP contribution is 2.32. The molecule has 2 aliphatic heterocycles. The van der Waals surface area contributed by atoms with Crippen molar-refractivity contribution in [1.82, 2.24) is 10.2 Å². The van der Waals surface area contributed by atoms with Gasteiger partial charge in [0.05, 0.1) is 13.2 Å². The Kier molecular flexibility index (Phi) is 6.58. The minimum absolute atomic E-state index is 0.0478. The van der Waals surface area contributed by atoms with Gasteiger partial charge >= 0.3 is 6.03 Å². The molecule has 0 bridgehead atoms. The van der Waals surface area contributed by atoms with Crippen LogP contribution < -0.4 is 10.2 Å². The number of rotatable bonds is 5. The fourth-order valence-electron chi connectivity index (χ4n) is 4.60. The van der Waals surface area contributed by atoms with Gasteiger partial charge in [-0.2, -0.15) is 0 Å². The molecule has 1 saturated heterocycles. The van der Waals surface area contributed by atoms with Gasteiger partial charge < -0.3 is 15.0 Å². The summed E-state index contributed by atoms with van der Waals surface area (Å²) in [6, 6.07) is 24.1. The smallest absolute Gasteiger partial charge is 0.321 e. The quantitative estimate of drug-likeness (QED) is 0.629. The molecule has 3 amide bonds. The molecule has 0 aliphatic carbocycles. The van der Waals surface area contributed by atoms with E-state index in [0.717, 1.165) is 29.7 Å². The van der Waals surface area contributed by atoms with Crippen molar-refractivity contribution in [2.75, 3.05) is 44.3 Å².